The molecule has 2 aromatic heterocycles. The number of nitrogens with one attached hydrogen (secondary N) is 2. The Hall–Kier alpha value is -1.62. The average molecular weight is 276 g/mol. The minimum atomic E-state index is 0.345. The van der Waals surface area contributed by atoms with Gasteiger partial charge in [-0.25, -0.2) is 9.97 Å². The summed E-state index contributed by atoms with van der Waals surface area (Å²) in [7, 11) is 0. The normalized spacial score (nSPS) is 12.2. The molecule has 0 aliphatic carbocycles. The van der Waals surface area contributed by atoms with Gasteiger partial charge in [0.15, 0.2) is 0 Å². The van der Waals surface area contributed by atoms with Crippen molar-refractivity contribution < 1.29 is 0 Å². The molecule has 0 spiro atoms. The molecule has 5 heteroatoms. The van der Waals surface area contributed by atoms with Crippen LogP contribution in [0.3, 0.4) is 0 Å². The Bertz CT molecular complexity index is 510. The summed E-state index contributed by atoms with van der Waals surface area (Å²) in [6.07, 6.45) is 2.61. The quantitative estimate of drug-likeness (QED) is 0.850. The van der Waals surface area contributed by atoms with Crippen LogP contribution < -0.4 is 10.6 Å². The van der Waals surface area contributed by atoms with Gasteiger partial charge in [0.05, 0.1) is 0 Å². The maximum Gasteiger partial charge on any atom is 0.134 e. The van der Waals surface area contributed by atoms with E-state index < -0.39 is 0 Å². The molecule has 0 aliphatic rings. The highest BCUT2D eigenvalue weighted by Gasteiger charge is 2.10. The van der Waals surface area contributed by atoms with Gasteiger partial charge in [-0.15, -0.1) is 0 Å². The molecule has 0 aromatic carbocycles. The second kappa shape index (κ2) is 6.52. The highest BCUT2D eigenvalue weighted by Crippen LogP contribution is 2.19. The predicted octanol–water partition coefficient (Wildman–Crippen LogP) is 3.32. The van der Waals surface area contributed by atoms with Crippen LogP contribution in [0.15, 0.2) is 23.2 Å². The van der Waals surface area contributed by atoms with Crippen LogP contribution in [0.5, 0.6) is 0 Å². The van der Waals surface area contributed by atoms with E-state index in [0.717, 1.165) is 30.2 Å². The molecule has 2 aromatic rings. The number of rotatable bonds is 6. The molecule has 2 N–H and O–H groups in total. The molecular weight excluding hydrogens is 256 g/mol. The highest BCUT2D eigenvalue weighted by atomic mass is 32.1. The van der Waals surface area contributed by atoms with Crippen LogP contribution in [0.4, 0.5) is 11.6 Å². The lowest BCUT2D eigenvalue weighted by Crippen LogP contribution is -2.20. The highest BCUT2D eigenvalue weighted by molar-refractivity contribution is 7.07. The van der Waals surface area contributed by atoms with E-state index >= 15 is 0 Å². The first-order valence-corrected chi connectivity index (χ1v) is 7.48. The first kappa shape index (κ1) is 13.8. The van der Waals surface area contributed by atoms with Crippen molar-refractivity contribution in [3.8, 4) is 0 Å². The zero-order valence-corrected chi connectivity index (χ0v) is 12.4. The third-order valence-corrected chi connectivity index (χ3v) is 3.67. The summed E-state index contributed by atoms with van der Waals surface area (Å²) in [4.78, 5) is 8.58. The summed E-state index contributed by atoms with van der Waals surface area (Å²) in [5, 5.41) is 11.0. The Morgan fingerprint density at radius 1 is 1.32 bits per heavy atom. The molecule has 0 amide bonds. The summed E-state index contributed by atoms with van der Waals surface area (Å²) in [5.74, 6) is 1.82. The van der Waals surface area contributed by atoms with Gasteiger partial charge < -0.3 is 10.6 Å². The summed E-state index contributed by atoms with van der Waals surface area (Å²) < 4.78 is 0. The molecule has 0 saturated carbocycles. The van der Waals surface area contributed by atoms with Gasteiger partial charge in [0, 0.05) is 18.2 Å². The molecular formula is C14H20N4S. The Morgan fingerprint density at radius 3 is 2.79 bits per heavy atom. The predicted molar refractivity (Wildman–Crippen MR) is 82.0 cm³/mol. The van der Waals surface area contributed by atoms with E-state index in [4.69, 9.17) is 0 Å². The van der Waals surface area contributed by atoms with Crippen LogP contribution in [0.25, 0.3) is 0 Å². The molecule has 1 atom stereocenters. The summed E-state index contributed by atoms with van der Waals surface area (Å²) in [5.41, 5.74) is 2.44. The molecule has 0 aliphatic heterocycles. The summed E-state index contributed by atoms with van der Waals surface area (Å²) >= 11 is 1.74. The molecule has 102 valence electrons. The Balaban J connectivity index is 2.04. The molecule has 0 bridgehead atoms. The van der Waals surface area contributed by atoms with E-state index in [9.17, 15) is 0 Å². The van der Waals surface area contributed by atoms with Gasteiger partial charge in [-0.1, -0.05) is 0 Å². The first-order valence-electron chi connectivity index (χ1n) is 6.53. The fraction of sp³-hybridized carbons (Fsp3) is 0.429. The minimum absolute atomic E-state index is 0.345. The topological polar surface area (TPSA) is 49.8 Å². The van der Waals surface area contributed by atoms with Gasteiger partial charge in [-0.3, -0.25) is 0 Å². The second-order valence-electron chi connectivity index (χ2n) is 4.61. The van der Waals surface area contributed by atoms with Gasteiger partial charge in [-0.05, 0) is 49.6 Å². The van der Waals surface area contributed by atoms with E-state index in [1.54, 1.807) is 17.7 Å². The lowest BCUT2D eigenvalue weighted by molar-refractivity contribution is 0.784. The molecule has 0 fully saturated rings. The summed E-state index contributed by atoms with van der Waals surface area (Å²) in [6, 6.07) is 2.51. The molecule has 4 nitrogen and oxygen atoms in total. The lowest BCUT2D eigenvalue weighted by atomic mass is 10.1. The van der Waals surface area contributed by atoms with Crippen molar-refractivity contribution in [1.82, 2.24) is 9.97 Å². The number of hydrogen-bond acceptors (Lipinski definition) is 5. The molecule has 1 unspecified atom stereocenters. The largest absolute Gasteiger partial charge is 0.370 e. The van der Waals surface area contributed by atoms with Gasteiger partial charge in [0.2, 0.25) is 0 Å². The third-order valence-electron chi connectivity index (χ3n) is 2.93. The first-order chi connectivity index (χ1) is 9.20. The van der Waals surface area contributed by atoms with Crippen molar-refractivity contribution in [2.75, 3.05) is 17.2 Å². The van der Waals surface area contributed by atoms with Gasteiger partial charge in [-0.2, -0.15) is 11.3 Å². The Labute approximate surface area is 118 Å². The van der Waals surface area contributed by atoms with Crippen LogP contribution in [-0.2, 0) is 6.42 Å². The van der Waals surface area contributed by atoms with Crippen LogP contribution in [-0.4, -0.2) is 22.6 Å². The van der Waals surface area contributed by atoms with E-state index in [1.165, 1.54) is 5.56 Å². The maximum atomic E-state index is 4.33. The zero-order chi connectivity index (χ0) is 13.7. The maximum absolute atomic E-state index is 4.33. The fourth-order valence-electron chi connectivity index (χ4n) is 1.99. The van der Waals surface area contributed by atoms with Crippen molar-refractivity contribution in [2.24, 2.45) is 0 Å². The van der Waals surface area contributed by atoms with Crippen LogP contribution >= 0.6 is 11.3 Å². The van der Waals surface area contributed by atoms with Crippen LogP contribution in [0, 0.1) is 6.92 Å². The number of aromatic nitrogens is 2. The monoisotopic (exact) mass is 276 g/mol. The minimum Gasteiger partial charge on any atom is -0.370 e. The molecule has 2 rings (SSSR count). The Morgan fingerprint density at radius 2 is 2.11 bits per heavy atom. The van der Waals surface area contributed by atoms with Crippen LogP contribution in [0.2, 0.25) is 0 Å². The lowest BCUT2D eigenvalue weighted by Gasteiger charge is -2.17. The number of nitrogens with zero attached hydrogens (tertiary/aromatic N) is 2. The number of thiophene rings is 1. The SMILES string of the molecule is CCNc1ncnc(NC(C)Cc2ccsc2)c1C. The van der Waals surface area contributed by atoms with E-state index in [-0.39, 0.29) is 0 Å². The van der Waals surface area contributed by atoms with Crippen molar-refractivity contribution in [2.45, 2.75) is 33.2 Å². The van der Waals surface area contributed by atoms with Crippen LogP contribution in [0.1, 0.15) is 25.0 Å². The average Bonchev–Trinajstić information content (AvgIpc) is 2.87. The fourth-order valence-corrected chi connectivity index (χ4v) is 2.67. The molecule has 0 saturated heterocycles. The Kier molecular flexibility index (Phi) is 4.74. The van der Waals surface area contributed by atoms with Crippen molar-refractivity contribution >= 4 is 23.0 Å². The van der Waals surface area contributed by atoms with Gasteiger partial charge >= 0.3 is 0 Å². The number of anilines is 2. The van der Waals surface area contributed by atoms with Crippen molar-refractivity contribution in [1.29, 1.82) is 0 Å². The summed E-state index contributed by atoms with van der Waals surface area (Å²) in [6.45, 7) is 7.14. The van der Waals surface area contributed by atoms with E-state index in [0.29, 0.717) is 6.04 Å². The number of hydrogen-bond donors (Lipinski definition) is 2. The van der Waals surface area contributed by atoms with Crippen molar-refractivity contribution in [3.05, 3.63) is 34.3 Å². The van der Waals surface area contributed by atoms with Crippen molar-refractivity contribution in [3.63, 3.8) is 0 Å². The smallest absolute Gasteiger partial charge is 0.134 e. The van der Waals surface area contributed by atoms with E-state index in [1.807, 2.05) is 6.92 Å². The van der Waals surface area contributed by atoms with Gasteiger partial charge in [0.1, 0.15) is 18.0 Å². The third kappa shape index (κ3) is 3.67. The zero-order valence-electron chi connectivity index (χ0n) is 11.6. The van der Waals surface area contributed by atoms with E-state index in [2.05, 4.69) is 51.3 Å². The standard InChI is InChI=1S/C14H20N4S/c1-4-15-13-11(3)14(17-9-16-13)18-10(2)7-12-5-6-19-8-12/h5-6,8-10H,4,7H2,1-3H3,(H2,15,16,17,18). The second-order valence-corrected chi connectivity index (χ2v) is 5.39. The molecule has 19 heavy (non-hydrogen) atoms. The van der Waals surface area contributed by atoms with Gasteiger partial charge in [0.25, 0.3) is 0 Å². The molecule has 2 heterocycles. The molecule has 0 radical (unpaired) electrons.